The van der Waals surface area contributed by atoms with Crippen LogP contribution in [0.1, 0.15) is 66.2 Å². The van der Waals surface area contributed by atoms with E-state index in [1.165, 1.54) is 32.1 Å². The van der Waals surface area contributed by atoms with Gasteiger partial charge in [0.2, 0.25) is 0 Å². The maximum Gasteiger partial charge on any atom is 0.145 e. The Morgan fingerprint density at radius 2 is 1.81 bits per heavy atom. The molecule has 2 aliphatic heterocycles. The molecule has 2 atom stereocenters. The number of fused-ring (bicyclic) bond motifs is 1. The Hall–Kier alpha value is -0.120. The molecule has 0 spiro atoms. The van der Waals surface area contributed by atoms with Crippen molar-refractivity contribution < 1.29 is 9.47 Å². The molecule has 0 saturated carbocycles. The summed E-state index contributed by atoms with van der Waals surface area (Å²) in [6, 6.07) is 0. The molecule has 2 rings (SSSR count). The van der Waals surface area contributed by atoms with Crippen LogP contribution in [-0.2, 0) is 9.47 Å². The quantitative estimate of drug-likeness (QED) is 0.674. The first-order chi connectivity index (χ1) is 10.1. The molecule has 2 saturated heterocycles. The molecule has 0 aromatic rings. The molecule has 2 fully saturated rings. The van der Waals surface area contributed by atoms with Crippen molar-refractivity contribution in [3.05, 3.63) is 0 Å². The minimum absolute atomic E-state index is 0.105. The summed E-state index contributed by atoms with van der Waals surface area (Å²) < 4.78 is 11.9. The molecule has 0 bridgehead atoms. The summed E-state index contributed by atoms with van der Waals surface area (Å²) >= 11 is 0. The molecule has 0 aliphatic carbocycles. The van der Waals surface area contributed by atoms with Crippen molar-refractivity contribution in [2.24, 2.45) is 11.3 Å². The second-order valence-corrected chi connectivity index (χ2v) is 7.43. The molecular weight excluding hydrogens is 262 g/mol. The van der Waals surface area contributed by atoms with Gasteiger partial charge in [0.1, 0.15) is 5.72 Å². The van der Waals surface area contributed by atoms with Crippen LogP contribution in [0.4, 0.5) is 0 Å². The predicted octanol–water partition coefficient (Wildman–Crippen LogP) is 4.07. The van der Waals surface area contributed by atoms with Gasteiger partial charge >= 0.3 is 0 Å². The number of ether oxygens (including phenoxy) is 2. The molecular formula is C18H35NO2. The Bertz CT molecular complexity index is 314. The molecule has 124 valence electrons. The van der Waals surface area contributed by atoms with Crippen molar-refractivity contribution in [2.75, 3.05) is 32.9 Å². The van der Waals surface area contributed by atoms with Crippen LogP contribution in [0, 0.1) is 11.3 Å². The highest BCUT2D eigenvalue weighted by Gasteiger charge is 2.45. The van der Waals surface area contributed by atoms with Crippen molar-refractivity contribution in [3.8, 4) is 0 Å². The van der Waals surface area contributed by atoms with Gasteiger partial charge in [0, 0.05) is 13.1 Å². The predicted molar refractivity (Wildman–Crippen MR) is 87.4 cm³/mol. The van der Waals surface area contributed by atoms with E-state index in [9.17, 15) is 0 Å². The SMILES string of the molecule is CCCC(C)(CCC)C(C)CCC12COCCN1CCO2. The van der Waals surface area contributed by atoms with Crippen molar-refractivity contribution in [1.29, 1.82) is 0 Å². The van der Waals surface area contributed by atoms with Crippen molar-refractivity contribution in [1.82, 2.24) is 4.90 Å². The molecule has 2 aliphatic rings. The van der Waals surface area contributed by atoms with Crippen LogP contribution in [0.3, 0.4) is 0 Å². The van der Waals surface area contributed by atoms with Crippen molar-refractivity contribution in [3.63, 3.8) is 0 Å². The zero-order valence-corrected chi connectivity index (χ0v) is 14.6. The van der Waals surface area contributed by atoms with Crippen molar-refractivity contribution >= 4 is 0 Å². The van der Waals surface area contributed by atoms with E-state index in [1.807, 2.05) is 0 Å². The fourth-order valence-corrected chi connectivity index (χ4v) is 4.35. The second-order valence-electron chi connectivity index (χ2n) is 7.43. The van der Waals surface area contributed by atoms with E-state index >= 15 is 0 Å². The smallest absolute Gasteiger partial charge is 0.145 e. The van der Waals surface area contributed by atoms with Gasteiger partial charge in [-0.2, -0.15) is 0 Å². The normalized spacial score (nSPS) is 28.6. The minimum atomic E-state index is -0.105. The summed E-state index contributed by atoms with van der Waals surface area (Å²) in [6.07, 6.45) is 7.63. The molecule has 3 heteroatoms. The Kier molecular flexibility index (Phi) is 6.10. The van der Waals surface area contributed by atoms with Crippen LogP contribution >= 0.6 is 0 Å². The van der Waals surface area contributed by atoms with Gasteiger partial charge in [-0.3, -0.25) is 4.90 Å². The van der Waals surface area contributed by atoms with Gasteiger partial charge in [-0.15, -0.1) is 0 Å². The minimum Gasteiger partial charge on any atom is -0.376 e. The fourth-order valence-electron chi connectivity index (χ4n) is 4.35. The molecule has 21 heavy (non-hydrogen) atoms. The summed E-state index contributed by atoms with van der Waals surface area (Å²) in [4.78, 5) is 2.51. The lowest BCUT2D eigenvalue weighted by Gasteiger charge is -2.43. The first kappa shape index (κ1) is 17.2. The number of rotatable bonds is 8. The van der Waals surface area contributed by atoms with Crippen molar-refractivity contribution in [2.45, 2.75) is 71.9 Å². The first-order valence-electron chi connectivity index (χ1n) is 9.03. The van der Waals surface area contributed by atoms with Crippen LogP contribution in [0.2, 0.25) is 0 Å². The largest absolute Gasteiger partial charge is 0.376 e. The van der Waals surface area contributed by atoms with E-state index in [-0.39, 0.29) is 5.72 Å². The van der Waals surface area contributed by atoms with Crippen LogP contribution < -0.4 is 0 Å². The van der Waals surface area contributed by atoms with Gasteiger partial charge in [0.05, 0.1) is 19.8 Å². The molecule has 0 N–H and O–H groups in total. The molecule has 2 heterocycles. The van der Waals surface area contributed by atoms with Crippen LogP contribution in [0.25, 0.3) is 0 Å². The van der Waals surface area contributed by atoms with Gasteiger partial charge in [-0.05, 0) is 37.0 Å². The average molecular weight is 297 g/mol. The molecule has 0 aromatic heterocycles. The summed E-state index contributed by atoms with van der Waals surface area (Å²) in [7, 11) is 0. The summed E-state index contributed by atoms with van der Waals surface area (Å²) in [5.41, 5.74) is 0.380. The Morgan fingerprint density at radius 3 is 2.48 bits per heavy atom. The van der Waals surface area contributed by atoms with E-state index in [0.29, 0.717) is 5.41 Å². The molecule has 0 aromatic carbocycles. The van der Waals surface area contributed by atoms with Gasteiger partial charge in [0.25, 0.3) is 0 Å². The summed E-state index contributed by atoms with van der Waals surface area (Å²) in [5, 5.41) is 0. The molecule has 3 nitrogen and oxygen atoms in total. The van der Waals surface area contributed by atoms with E-state index in [0.717, 1.165) is 45.2 Å². The van der Waals surface area contributed by atoms with Crippen LogP contribution in [0.5, 0.6) is 0 Å². The Morgan fingerprint density at radius 1 is 1.14 bits per heavy atom. The summed E-state index contributed by atoms with van der Waals surface area (Å²) in [5.74, 6) is 0.750. The highest BCUT2D eigenvalue weighted by atomic mass is 16.6. The number of morpholine rings is 1. The lowest BCUT2D eigenvalue weighted by Crippen LogP contribution is -2.54. The third kappa shape index (κ3) is 3.80. The van der Waals surface area contributed by atoms with E-state index < -0.39 is 0 Å². The lowest BCUT2D eigenvalue weighted by molar-refractivity contribution is -0.172. The zero-order valence-electron chi connectivity index (χ0n) is 14.6. The van der Waals surface area contributed by atoms with E-state index in [4.69, 9.17) is 9.47 Å². The summed E-state index contributed by atoms with van der Waals surface area (Å²) in [6.45, 7) is 14.2. The van der Waals surface area contributed by atoms with Crippen LogP contribution in [0.15, 0.2) is 0 Å². The maximum absolute atomic E-state index is 6.13. The van der Waals surface area contributed by atoms with Crippen LogP contribution in [-0.4, -0.2) is 43.5 Å². The van der Waals surface area contributed by atoms with Gasteiger partial charge < -0.3 is 9.47 Å². The van der Waals surface area contributed by atoms with E-state index in [1.54, 1.807) is 0 Å². The number of hydrogen-bond acceptors (Lipinski definition) is 3. The molecule has 0 radical (unpaired) electrons. The monoisotopic (exact) mass is 297 g/mol. The van der Waals surface area contributed by atoms with Gasteiger partial charge in [0.15, 0.2) is 0 Å². The number of nitrogens with zero attached hydrogens (tertiary/aromatic N) is 1. The Labute approximate surface area is 131 Å². The highest BCUT2D eigenvalue weighted by Crippen LogP contribution is 2.42. The van der Waals surface area contributed by atoms with Gasteiger partial charge in [-0.1, -0.05) is 40.5 Å². The third-order valence-electron chi connectivity index (χ3n) is 5.94. The van der Waals surface area contributed by atoms with Gasteiger partial charge in [-0.25, -0.2) is 0 Å². The number of hydrogen-bond donors (Lipinski definition) is 0. The fraction of sp³-hybridized carbons (Fsp3) is 1.00. The topological polar surface area (TPSA) is 21.7 Å². The Balaban J connectivity index is 1.94. The zero-order chi connectivity index (χ0) is 15.3. The average Bonchev–Trinajstić information content (AvgIpc) is 2.89. The second kappa shape index (κ2) is 7.43. The maximum atomic E-state index is 6.13. The molecule has 2 unspecified atom stereocenters. The van der Waals surface area contributed by atoms with E-state index in [2.05, 4.69) is 32.6 Å². The molecule has 0 amide bonds. The third-order valence-corrected chi connectivity index (χ3v) is 5.94. The first-order valence-corrected chi connectivity index (χ1v) is 9.03. The standard InChI is InChI=1S/C18H35NO2/c1-5-8-17(4,9-6-2)16(3)7-10-18-15-20-13-11-19(18)12-14-21-18/h16H,5-15H2,1-4H3. The highest BCUT2D eigenvalue weighted by molar-refractivity contribution is 4.91. The lowest BCUT2D eigenvalue weighted by atomic mass is 9.69.